The highest BCUT2D eigenvalue weighted by Gasteiger charge is 2.28. The molecule has 128 valence electrons. The summed E-state index contributed by atoms with van der Waals surface area (Å²) < 4.78 is 2.00. The predicted octanol–water partition coefficient (Wildman–Crippen LogP) is 1.97. The smallest absolute Gasteiger partial charge is 0.238 e. The molecule has 3 rings (SSSR count). The van der Waals surface area contributed by atoms with E-state index in [4.69, 9.17) is 11.6 Å². The van der Waals surface area contributed by atoms with Gasteiger partial charge in [-0.05, 0) is 24.6 Å². The molecule has 2 N–H and O–H groups in total. The van der Waals surface area contributed by atoms with Gasteiger partial charge in [0.25, 0.3) is 0 Å². The maximum Gasteiger partial charge on any atom is 0.238 e. The average molecular weight is 348 g/mol. The van der Waals surface area contributed by atoms with Crippen molar-refractivity contribution >= 4 is 23.2 Å². The average Bonchev–Trinajstić information content (AvgIpc) is 2.97. The number of aromatic nitrogens is 2. The van der Waals surface area contributed by atoms with Gasteiger partial charge in [0.1, 0.15) is 5.82 Å². The summed E-state index contributed by atoms with van der Waals surface area (Å²) in [7, 11) is 1.98. The van der Waals surface area contributed by atoms with E-state index in [1.165, 1.54) is 0 Å². The Morgan fingerprint density at radius 1 is 1.50 bits per heavy atom. The molecule has 1 saturated heterocycles. The summed E-state index contributed by atoms with van der Waals surface area (Å²) in [6, 6.07) is 5.59. The minimum absolute atomic E-state index is 0.0403. The molecule has 0 bridgehead atoms. The van der Waals surface area contributed by atoms with E-state index in [-0.39, 0.29) is 11.9 Å². The molecule has 24 heavy (non-hydrogen) atoms. The molecule has 1 aromatic heterocycles. The van der Waals surface area contributed by atoms with E-state index in [1.54, 1.807) is 12.3 Å². The van der Waals surface area contributed by atoms with Gasteiger partial charge in [-0.15, -0.1) is 0 Å². The quantitative estimate of drug-likeness (QED) is 0.887. The van der Waals surface area contributed by atoms with Crippen molar-refractivity contribution in [1.82, 2.24) is 19.8 Å². The summed E-state index contributed by atoms with van der Waals surface area (Å²) >= 11 is 6.02. The molecule has 1 aliphatic rings. The normalized spacial score (nSPS) is 18.5. The Bertz CT molecular complexity index is 730. The van der Waals surface area contributed by atoms with E-state index in [2.05, 4.69) is 20.5 Å². The van der Waals surface area contributed by atoms with E-state index in [0.717, 1.165) is 36.7 Å². The fourth-order valence-corrected chi connectivity index (χ4v) is 3.16. The van der Waals surface area contributed by atoms with Crippen LogP contribution < -0.4 is 10.6 Å². The lowest BCUT2D eigenvalue weighted by atomic mass is 10.1. The molecule has 7 heteroatoms. The van der Waals surface area contributed by atoms with Crippen LogP contribution in [-0.4, -0.2) is 46.5 Å². The van der Waals surface area contributed by atoms with E-state index in [0.29, 0.717) is 11.6 Å². The van der Waals surface area contributed by atoms with Crippen LogP contribution in [-0.2, 0) is 11.8 Å². The Morgan fingerprint density at radius 2 is 2.33 bits per heavy atom. The Morgan fingerprint density at radius 3 is 3.08 bits per heavy atom. The molecule has 0 spiro atoms. The van der Waals surface area contributed by atoms with Gasteiger partial charge in [-0.1, -0.05) is 17.7 Å². The summed E-state index contributed by atoms with van der Waals surface area (Å²) in [6.45, 7) is 4.73. The van der Waals surface area contributed by atoms with E-state index in [9.17, 15) is 4.79 Å². The molecule has 0 saturated carbocycles. The van der Waals surface area contributed by atoms with Gasteiger partial charge < -0.3 is 15.2 Å². The van der Waals surface area contributed by atoms with Crippen molar-refractivity contribution in [2.75, 3.05) is 31.5 Å². The lowest BCUT2D eigenvalue weighted by Gasteiger charge is -2.35. The SMILES string of the molecule is Cc1ccc(Cl)cc1NC(=O)CN1CCNCC1c1nccn1C. The zero-order valence-electron chi connectivity index (χ0n) is 13.9. The molecule has 1 fully saturated rings. The molecule has 1 atom stereocenters. The number of hydrogen-bond acceptors (Lipinski definition) is 4. The minimum Gasteiger partial charge on any atom is -0.337 e. The molecule has 0 aliphatic carbocycles. The lowest BCUT2D eigenvalue weighted by Crippen LogP contribution is -2.49. The van der Waals surface area contributed by atoms with E-state index in [1.807, 2.05) is 36.9 Å². The summed E-state index contributed by atoms with van der Waals surface area (Å²) in [4.78, 5) is 19.1. The number of hydrogen-bond donors (Lipinski definition) is 2. The van der Waals surface area contributed by atoms with Crippen molar-refractivity contribution in [1.29, 1.82) is 0 Å². The Balaban J connectivity index is 1.70. The Hall–Kier alpha value is -1.89. The largest absolute Gasteiger partial charge is 0.337 e. The van der Waals surface area contributed by atoms with Crippen molar-refractivity contribution in [3.63, 3.8) is 0 Å². The number of imidazole rings is 1. The van der Waals surface area contributed by atoms with Crippen LogP contribution in [0.1, 0.15) is 17.4 Å². The molecule has 1 aromatic carbocycles. The molecule has 0 radical (unpaired) electrons. The van der Waals surface area contributed by atoms with Crippen LogP contribution in [0.25, 0.3) is 0 Å². The fraction of sp³-hybridized carbons (Fsp3) is 0.412. The summed E-state index contributed by atoms with van der Waals surface area (Å²) in [5.41, 5.74) is 1.75. The van der Waals surface area contributed by atoms with Gasteiger partial charge in [-0.2, -0.15) is 0 Å². The predicted molar refractivity (Wildman–Crippen MR) is 95.2 cm³/mol. The van der Waals surface area contributed by atoms with Crippen molar-refractivity contribution in [3.8, 4) is 0 Å². The number of nitrogens with zero attached hydrogens (tertiary/aromatic N) is 3. The zero-order chi connectivity index (χ0) is 17.1. The first-order valence-corrected chi connectivity index (χ1v) is 8.40. The third-order valence-corrected chi connectivity index (χ3v) is 4.57. The lowest BCUT2D eigenvalue weighted by molar-refractivity contribution is -0.118. The molecule has 2 heterocycles. The van der Waals surface area contributed by atoms with E-state index < -0.39 is 0 Å². The number of amides is 1. The van der Waals surface area contributed by atoms with Gasteiger partial charge >= 0.3 is 0 Å². The first-order valence-electron chi connectivity index (χ1n) is 8.02. The number of halogens is 1. The fourth-order valence-electron chi connectivity index (χ4n) is 2.99. The zero-order valence-corrected chi connectivity index (χ0v) is 14.7. The van der Waals surface area contributed by atoms with Crippen LogP contribution in [0.4, 0.5) is 5.69 Å². The van der Waals surface area contributed by atoms with Crippen LogP contribution >= 0.6 is 11.6 Å². The molecule has 1 aliphatic heterocycles. The van der Waals surface area contributed by atoms with Crippen LogP contribution in [0.3, 0.4) is 0 Å². The number of nitrogens with one attached hydrogen (secondary N) is 2. The monoisotopic (exact) mass is 347 g/mol. The highest BCUT2D eigenvalue weighted by Crippen LogP contribution is 2.22. The number of aryl methyl sites for hydroxylation is 2. The maximum atomic E-state index is 12.5. The van der Waals surface area contributed by atoms with Crippen LogP contribution in [0.15, 0.2) is 30.6 Å². The van der Waals surface area contributed by atoms with Crippen molar-refractivity contribution in [3.05, 3.63) is 47.0 Å². The minimum atomic E-state index is -0.0403. The Labute approximate surface area is 146 Å². The van der Waals surface area contributed by atoms with Crippen molar-refractivity contribution in [2.45, 2.75) is 13.0 Å². The van der Waals surface area contributed by atoms with Gasteiger partial charge in [0.05, 0.1) is 12.6 Å². The van der Waals surface area contributed by atoms with Crippen LogP contribution in [0.5, 0.6) is 0 Å². The second-order valence-electron chi connectivity index (χ2n) is 6.09. The van der Waals surface area contributed by atoms with Gasteiger partial charge in [-0.3, -0.25) is 9.69 Å². The molecule has 1 unspecified atom stereocenters. The third kappa shape index (κ3) is 3.77. The van der Waals surface area contributed by atoms with E-state index >= 15 is 0 Å². The number of piperazine rings is 1. The number of carbonyl (C=O) groups is 1. The number of carbonyl (C=O) groups excluding carboxylic acids is 1. The molecular weight excluding hydrogens is 326 g/mol. The number of benzene rings is 1. The molecule has 2 aromatic rings. The van der Waals surface area contributed by atoms with Gasteiger partial charge in [0.2, 0.25) is 5.91 Å². The molecule has 6 nitrogen and oxygen atoms in total. The first kappa shape index (κ1) is 17.0. The standard InChI is InChI=1S/C17H22ClN5O/c1-12-3-4-13(18)9-14(12)21-16(24)11-23-8-5-19-10-15(23)17-20-6-7-22(17)2/h3-4,6-7,9,15,19H,5,8,10-11H2,1-2H3,(H,21,24). The first-order chi connectivity index (χ1) is 11.5. The number of anilines is 1. The highest BCUT2D eigenvalue weighted by molar-refractivity contribution is 6.31. The van der Waals surface area contributed by atoms with Crippen LogP contribution in [0.2, 0.25) is 5.02 Å². The van der Waals surface area contributed by atoms with Gasteiger partial charge in [0.15, 0.2) is 0 Å². The Kier molecular flexibility index (Phi) is 5.18. The van der Waals surface area contributed by atoms with Crippen molar-refractivity contribution < 1.29 is 4.79 Å². The second-order valence-corrected chi connectivity index (χ2v) is 6.53. The van der Waals surface area contributed by atoms with Gasteiger partial charge in [-0.25, -0.2) is 4.98 Å². The van der Waals surface area contributed by atoms with Crippen molar-refractivity contribution in [2.24, 2.45) is 7.05 Å². The maximum absolute atomic E-state index is 12.5. The highest BCUT2D eigenvalue weighted by atomic mass is 35.5. The second kappa shape index (κ2) is 7.34. The summed E-state index contributed by atoms with van der Waals surface area (Å²) in [5, 5.41) is 6.96. The topological polar surface area (TPSA) is 62.2 Å². The molecular formula is C17H22ClN5O. The summed E-state index contributed by atoms with van der Waals surface area (Å²) in [5.74, 6) is 0.926. The van der Waals surface area contributed by atoms with Crippen LogP contribution in [0, 0.1) is 6.92 Å². The van der Waals surface area contributed by atoms with Gasteiger partial charge in [0, 0.05) is 49.8 Å². The number of rotatable bonds is 4. The third-order valence-electron chi connectivity index (χ3n) is 4.33. The summed E-state index contributed by atoms with van der Waals surface area (Å²) in [6.07, 6.45) is 3.72. The molecule has 1 amide bonds.